The summed E-state index contributed by atoms with van der Waals surface area (Å²) >= 11 is 0. The lowest BCUT2D eigenvalue weighted by Gasteiger charge is -2.32. The Morgan fingerprint density at radius 2 is 1.79 bits per heavy atom. The van der Waals surface area contributed by atoms with Crippen molar-refractivity contribution in [2.24, 2.45) is 0 Å². The van der Waals surface area contributed by atoms with E-state index in [1.165, 1.54) is 12.1 Å². The van der Waals surface area contributed by atoms with Crippen LogP contribution in [0.5, 0.6) is 5.75 Å². The Hall–Kier alpha value is -3.55. The molecule has 0 spiro atoms. The number of benzene rings is 2. The van der Waals surface area contributed by atoms with Gasteiger partial charge in [0.2, 0.25) is 5.91 Å². The molecule has 0 bridgehead atoms. The minimum absolute atomic E-state index is 0.194. The van der Waals surface area contributed by atoms with Crippen LogP contribution in [0.2, 0.25) is 0 Å². The third-order valence-corrected chi connectivity index (χ3v) is 5.31. The van der Waals surface area contributed by atoms with Gasteiger partial charge in [-0.3, -0.25) is 4.79 Å². The van der Waals surface area contributed by atoms with Gasteiger partial charge in [-0.15, -0.1) is 0 Å². The number of anilines is 1. The number of carbonyl (C=O) groups excluding carboxylic acids is 1. The second-order valence-electron chi connectivity index (χ2n) is 7.47. The predicted molar refractivity (Wildman–Crippen MR) is 121 cm³/mol. The van der Waals surface area contributed by atoms with Gasteiger partial charge in [-0.25, -0.2) is 4.98 Å². The van der Waals surface area contributed by atoms with E-state index in [0.717, 1.165) is 23.3 Å². The molecule has 1 atom stereocenters. The summed E-state index contributed by atoms with van der Waals surface area (Å²) in [5.74, 6) is 0.982. The maximum absolute atomic E-state index is 12.9. The molecule has 1 aromatic heterocycles. The molecule has 0 saturated carbocycles. The van der Waals surface area contributed by atoms with Crippen molar-refractivity contribution in [3.05, 3.63) is 89.6 Å². The summed E-state index contributed by atoms with van der Waals surface area (Å²) in [5.41, 5.74) is 0.922. The fourth-order valence-corrected chi connectivity index (χ4v) is 3.62. The number of alkyl halides is 3. The molecule has 0 aliphatic rings. The average molecular weight is 457 g/mol. The number of rotatable bonds is 9. The van der Waals surface area contributed by atoms with E-state index in [1.54, 1.807) is 32.5 Å². The smallest absolute Gasteiger partial charge is 0.416 e. The van der Waals surface area contributed by atoms with Crippen LogP contribution in [0.3, 0.4) is 0 Å². The summed E-state index contributed by atoms with van der Waals surface area (Å²) < 4.78 is 43.8. The van der Waals surface area contributed by atoms with Gasteiger partial charge in [-0.2, -0.15) is 13.2 Å². The summed E-state index contributed by atoms with van der Waals surface area (Å²) in [6, 6.07) is 17.4. The van der Waals surface area contributed by atoms with Crippen LogP contribution in [-0.4, -0.2) is 31.6 Å². The molecule has 1 amide bonds. The highest BCUT2D eigenvalue weighted by molar-refractivity contribution is 5.86. The fraction of sp³-hybridized carbons (Fsp3) is 0.280. The number of nitrogens with one attached hydrogen (secondary N) is 1. The van der Waals surface area contributed by atoms with Crippen molar-refractivity contribution in [3.8, 4) is 5.75 Å². The van der Waals surface area contributed by atoms with E-state index in [4.69, 9.17) is 4.74 Å². The van der Waals surface area contributed by atoms with E-state index in [0.29, 0.717) is 31.0 Å². The monoisotopic (exact) mass is 457 g/mol. The van der Waals surface area contributed by atoms with Crippen molar-refractivity contribution in [1.29, 1.82) is 0 Å². The third-order valence-electron chi connectivity index (χ3n) is 5.31. The summed E-state index contributed by atoms with van der Waals surface area (Å²) in [4.78, 5) is 19.3. The molecule has 0 saturated heterocycles. The van der Waals surface area contributed by atoms with Gasteiger partial charge in [-0.1, -0.05) is 42.5 Å². The van der Waals surface area contributed by atoms with Crippen molar-refractivity contribution in [3.63, 3.8) is 0 Å². The zero-order chi connectivity index (χ0) is 23.8. The first-order chi connectivity index (χ1) is 15.8. The summed E-state index contributed by atoms with van der Waals surface area (Å²) in [6.07, 6.45) is -1.59. The van der Waals surface area contributed by atoms with Gasteiger partial charge in [-0.05, 0) is 42.2 Å². The van der Waals surface area contributed by atoms with E-state index in [-0.39, 0.29) is 5.91 Å². The Labute approximate surface area is 191 Å². The van der Waals surface area contributed by atoms with Gasteiger partial charge in [0, 0.05) is 25.9 Å². The Morgan fingerprint density at radius 1 is 1.09 bits per heavy atom. The summed E-state index contributed by atoms with van der Waals surface area (Å²) in [5, 5.41) is 2.72. The van der Waals surface area contributed by atoms with Gasteiger partial charge in [0.15, 0.2) is 0 Å². The van der Waals surface area contributed by atoms with Crippen LogP contribution in [0.1, 0.15) is 29.2 Å². The number of aryl methyl sites for hydroxylation is 1. The molecule has 1 N–H and O–H groups in total. The first kappa shape index (κ1) is 24.1. The number of nitrogens with zero attached hydrogens (tertiary/aromatic N) is 2. The molecular formula is C25H26F3N3O2. The van der Waals surface area contributed by atoms with Gasteiger partial charge in [0.1, 0.15) is 17.6 Å². The highest BCUT2D eigenvalue weighted by Crippen LogP contribution is 2.30. The van der Waals surface area contributed by atoms with Gasteiger partial charge >= 0.3 is 6.18 Å². The Bertz CT molecular complexity index is 1040. The van der Waals surface area contributed by atoms with Crippen molar-refractivity contribution < 1.29 is 22.7 Å². The Kier molecular flexibility index (Phi) is 7.92. The first-order valence-corrected chi connectivity index (χ1v) is 10.5. The summed E-state index contributed by atoms with van der Waals surface area (Å²) in [7, 11) is 3.14. The standard InChI is InChI=1S/C25H26F3N3O2/c1-29-24(32)23(19-8-4-3-5-9-19)31(22-17-21(33-2)14-15-30-22)16-6-7-18-10-12-20(13-11-18)25(26,27)28/h3-5,8-15,17,23H,6-7,16H2,1-2H3,(H,29,32)/t23-/m0/s1. The quantitative estimate of drug-likeness (QED) is 0.489. The molecule has 5 nitrogen and oxygen atoms in total. The van der Waals surface area contributed by atoms with Crippen LogP contribution in [0.25, 0.3) is 0 Å². The molecule has 0 unspecified atom stereocenters. The minimum atomic E-state index is -4.36. The molecule has 3 aromatic rings. The first-order valence-electron chi connectivity index (χ1n) is 10.5. The number of carbonyl (C=O) groups is 1. The van der Waals surface area contributed by atoms with Crippen LogP contribution >= 0.6 is 0 Å². The number of likely N-dealkylation sites (N-methyl/N-ethyl adjacent to an activating group) is 1. The Morgan fingerprint density at radius 3 is 2.39 bits per heavy atom. The topological polar surface area (TPSA) is 54.5 Å². The van der Waals surface area contributed by atoms with Crippen LogP contribution in [0.4, 0.5) is 19.0 Å². The predicted octanol–water partition coefficient (Wildman–Crippen LogP) is 5.04. The van der Waals surface area contributed by atoms with E-state index in [1.807, 2.05) is 35.2 Å². The van der Waals surface area contributed by atoms with Crippen molar-refractivity contribution >= 4 is 11.7 Å². The van der Waals surface area contributed by atoms with Crippen LogP contribution < -0.4 is 15.0 Å². The second kappa shape index (κ2) is 10.8. The molecule has 2 aromatic carbocycles. The van der Waals surface area contributed by atoms with Gasteiger partial charge in [0.05, 0.1) is 12.7 Å². The largest absolute Gasteiger partial charge is 0.497 e. The SMILES string of the molecule is CNC(=O)[C@H](c1ccccc1)N(CCCc1ccc(C(F)(F)F)cc1)c1cc(OC)ccn1. The minimum Gasteiger partial charge on any atom is -0.497 e. The Balaban J connectivity index is 1.86. The maximum Gasteiger partial charge on any atom is 0.416 e. The molecule has 0 radical (unpaired) electrons. The molecule has 0 aliphatic heterocycles. The molecule has 3 rings (SSSR count). The molecule has 8 heteroatoms. The molecule has 0 aliphatic carbocycles. The van der Waals surface area contributed by atoms with Crippen LogP contribution in [-0.2, 0) is 17.4 Å². The number of hydrogen-bond acceptors (Lipinski definition) is 4. The zero-order valence-electron chi connectivity index (χ0n) is 18.5. The average Bonchev–Trinajstić information content (AvgIpc) is 2.83. The highest BCUT2D eigenvalue weighted by atomic mass is 19.4. The molecule has 33 heavy (non-hydrogen) atoms. The molecule has 0 fully saturated rings. The number of halogens is 3. The van der Waals surface area contributed by atoms with E-state index < -0.39 is 17.8 Å². The number of hydrogen-bond donors (Lipinski definition) is 1. The lowest BCUT2D eigenvalue weighted by Crippen LogP contribution is -2.40. The lowest BCUT2D eigenvalue weighted by atomic mass is 10.0. The molecular weight excluding hydrogens is 431 g/mol. The van der Waals surface area contributed by atoms with Crippen molar-refractivity contribution in [2.75, 3.05) is 25.6 Å². The number of methoxy groups -OCH3 is 1. The molecule has 1 heterocycles. The third kappa shape index (κ3) is 6.25. The van der Waals surface area contributed by atoms with Gasteiger partial charge < -0.3 is 15.0 Å². The number of aromatic nitrogens is 1. The van der Waals surface area contributed by atoms with E-state index in [9.17, 15) is 18.0 Å². The highest BCUT2D eigenvalue weighted by Gasteiger charge is 2.30. The second-order valence-corrected chi connectivity index (χ2v) is 7.47. The number of ether oxygens (including phenoxy) is 1. The van der Waals surface area contributed by atoms with E-state index in [2.05, 4.69) is 10.3 Å². The van der Waals surface area contributed by atoms with Crippen molar-refractivity contribution in [2.45, 2.75) is 25.1 Å². The number of pyridine rings is 1. The number of amides is 1. The molecule has 174 valence electrons. The van der Waals surface area contributed by atoms with Crippen LogP contribution in [0, 0.1) is 0 Å². The zero-order valence-corrected chi connectivity index (χ0v) is 18.5. The normalized spacial score (nSPS) is 12.2. The van der Waals surface area contributed by atoms with Crippen molar-refractivity contribution in [1.82, 2.24) is 10.3 Å². The van der Waals surface area contributed by atoms with E-state index >= 15 is 0 Å². The maximum atomic E-state index is 12.9. The fourth-order valence-electron chi connectivity index (χ4n) is 3.62. The van der Waals surface area contributed by atoms with Crippen LogP contribution in [0.15, 0.2) is 72.9 Å². The van der Waals surface area contributed by atoms with Gasteiger partial charge in [0.25, 0.3) is 0 Å². The summed E-state index contributed by atoms with van der Waals surface area (Å²) in [6.45, 7) is 0.453. The lowest BCUT2D eigenvalue weighted by molar-refractivity contribution is -0.137.